The second-order valence-electron chi connectivity index (χ2n) is 8.24. The molecule has 0 saturated carbocycles. The zero-order valence-electron chi connectivity index (χ0n) is 18.6. The fourth-order valence-electron chi connectivity index (χ4n) is 4.04. The number of para-hydroxylation sites is 2. The maximum absolute atomic E-state index is 13.1. The number of pyridine rings is 1. The van der Waals surface area contributed by atoms with E-state index < -0.39 is 0 Å². The lowest BCUT2D eigenvalue weighted by molar-refractivity contribution is -0.119. The maximum atomic E-state index is 13.1. The van der Waals surface area contributed by atoms with Crippen LogP contribution < -0.4 is 10.6 Å². The number of hydrogen-bond acceptors (Lipinski definition) is 4. The number of hydrogen-bond donors (Lipinski definition) is 2. The molecule has 0 fully saturated rings. The molecule has 0 spiro atoms. The van der Waals surface area contributed by atoms with Gasteiger partial charge in [-0.3, -0.25) is 14.6 Å². The van der Waals surface area contributed by atoms with E-state index in [0.717, 1.165) is 29.3 Å². The molecule has 2 N–H and O–H groups in total. The first-order valence-corrected chi connectivity index (χ1v) is 11.1. The molecule has 0 saturated heterocycles. The number of anilines is 2. The van der Waals surface area contributed by atoms with Gasteiger partial charge in [0.25, 0.3) is 0 Å². The molecular weight excluding hydrogens is 410 g/mol. The SMILES string of the molecule is CC(CC(Cc1ccccc1)Nc1ccccc1C=O)C(=O)Nc1cccc2cccnc12. The molecular formula is C28H27N3O2. The van der Waals surface area contributed by atoms with Crippen molar-refractivity contribution in [2.45, 2.75) is 25.8 Å². The average molecular weight is 438 g/mol. The Morgan fingerprint density at radius 3 is 2.45 bits per heavy atom. The first kappa shape index (κ1) is 22.2. The summed E-state index contributed by atoms with van der Waals surface area (Å²) in [5, 5.41) is 7.54. The molecule has 4 rings (SSSR count). The molecule has 0 aliphatic carbocycles. The van der Waals surface area contributed by atoms with Crippen LogP contribution in [0.15, 0.2) is 91.1 Å². The summed E-state index contributed by atoms with van der Waals surface area (Å²) in [6.07, 6.45) is 3.92. The third-order valence-corrected chi connectivity index (χ3v) is 5.75. The minimum atomic E-state index is -0.256. The van der Waals surface area contributed by atoms with E-state index in [2.05, 4.69) is 27.8 Å². The van der Waals surface area contributed by atoms with Crippen LogP contribution in [-0.2, 0) is 11.2 Å². The molecule has 2 unspecified atom stereocenters. The maximum Gasteiger partial charge on any atom is 0.227 e. The first-order valence-electron chi connectivity index (χ1n) is 11.1. The zero-order chi connectivity index (χ0) is 23.0. The topological polar surface area (TPSA) is 71.1 Å². The monoisotopic (exact) mass is 437 g/mol. The largest absolute Gasteiger partial charge is 0.381 e. The number of carbonyl (C=O) groups is 2. The molecule has 1 heterocycles. The Kier molecular flexibility index (Phi) is 7.10. The van der Waals surface area contributed by atoms with Crippen LogP contribution >= 0.6 is 0 Å². The minimum Gasteiger partial charge on any atom is -0.381 e. The lowest BCUT2D eigenvalue weighted by Gasteiger charge is -2.24. The fourth-order valence-corrected chi connectivity index (χ4v) is 4.04. The Morgan fingerprint density at radius 1 is 0.909 bits per heavy atom. The van der Waals surface area contributed by atoms with Crippen LogP contribution in [0, 0.1) is 5.92 Å². The normalized spacial score (nSPS) is 12.6. The summed E-state index contributed by atoms with van der Waals surface area (Å²) in [5.74, 6) is -0.315. The molecule has 166 valence electrons. The first-order chi connectivity index (χ1) is 16.1. The molecule has 3 aromatic carbocycles. The summed E-state index contributed by atoms with van der Waals surface area (Å²) >= 11 is 0. The lowest BCUT2D eigenvalue weighted by Crippen LogP contribution is -2.30. The van der Waals surface area contributed by atoms with Crippen molar-refractivity contribution in [1.29, 1.82) is 0 Å². The van der Waals surface area contributed by atoms with Gasteiger partial charge in [-0.15, -0.1) is 0 Å². The number of rotatable bonds is 9. The van der Waals surface area contributed by atoms with E-state index in [1.54, 1.807) is 12.3 Å². The van der Waals surface area contributed by atoms with Crippen LogP contribution in [0.5, 0.6) is 0 Å². The number of carbonyl (C=O) groups excluding carboxylic acids is 2. The molecule has 2 atom stereocenters. The number of aromatic nitrogens is 1. The second-order valence-corrected chi connectivity index (χ2v) is 8.24. The van der Waals surface area contributed by atoms with E-state index in [-0.39, 0.29) is 17.9 Å². The van der Waals surface area contributed by atoms with Gasteiger partial charge < -0.3 is 10.6 Å². The van der Waals surface area contributed by atoms with Gasteiger partial charge in [0.1, 0.15) is 0 Å². The number of fused-ring (bicyclic) bond motifs is 1. The molecule has 5 heteroatoms. The molecule has 0 aliphatic rings. The van der Waals surface area contributed by atoms with E-state index >= 15 is 0 Å². The van der Waals surface area contributed by atoms with Crippen molar-refractivity contribution >= 4 is 34.5 Å². The van der Waals surface area contributed by atoms with Crippen molar-refractivity contribution in [2.75, 3.05) is 10.6 Å². The van der Waals surface area contributed by atoms with Crippen molar-refractivity contribution < 1.29 is 9.59 Å². The summed E-state index contributed by atoms with van der Waals surface area (Å²) in [5.41, 5.74) is 4.04. The van der Waals surface area contributed by atoms with Gasteiger partial charge >= 0.3 is 0 Å². The molecule has 4 aromatic rings. The van der Waals surface area contributed by atoms with Crippen molar-refractivity contribution in [3.63, 3.8) is 0 Å². The van der Waals surface area contributed by atoms with Crippen molar-refractivity contribution in [3.8, 4) is 0 Å². The van der Waals surface area contributed by atoms with E-state index in [0.29, 0.717) is 17.7 Å². The van der Waals surface area contributed by atoms with Gasteiger partial charge in [-0.05, 0) is 42.7 Å². The number of nitrogens with one attached hydrogen (secondary N) is 2. The summed E-state index contributed by atoms with van der Waals surface area (Å²) in [7, 11) is 0. The molecule has 1 aromatic heterocycles. The van der Waals surface area contributed by atoms with Gasteiger partial charge in [0, 0.05) is 34.8 Å². The quantitative estimate of drug-likeness (QED) is 0.328. The molecule has 33 heavy (non-hydrogen) atoms. The van der Waals surface area contributed by atoms with Crippen LogP contribution in [0.4, 0.5) is 11.4 Å². The number of nitrogens with zero attached hydrogens (tertiary/aromatic N) is 1. The third kappa shape index (κ3) is 5.63. The van der Waals surface area contributed by atoms with Crippen molar-refractivity contribution in [3.05, 3.63) is 102 Å². The molecule has 0 aliphatic heterocycles. The van der Waals surface area contributed by atoms with E-state index in [1.807, 2.05) is 73.7 Å². The van der Waals surface area contributed by atoms with Crippen molar-refractivity contribution in [2.24, 2.45) is 5.92 Å². The molecule has 5 nitrogen and oxygen atoms in total. The Balaban J connectivity index is 1.51. The number of aldehydes is 1. The minimum absolute atomic E-state index is 0.0279. The average Bonchev–Trinajstić information content (AvgIpc) is 2.85. The highest BCUT2D eigenvalue weighted by Gasteiger charge is 2.21. The Labute approximate surface area is 193 Å². The number of amides is 1. The van der Waals surface area contributed by atoms with Crippen molar-refractivity contribution in [1.82, 2.24) is 4.98 Å². The highest BCUT2D eigenvalue weighted by atomic mass is 16.1. The highest BCUT2D eigenvalue weighted by molar-refractivity contribution is 6.00. The second kappa shape index (κ2) is 10.6. The van der Waals surface area contributed by atoms with E-state index in [9.17, 15) is 9.59 Å². The van der Waals surface area contributed by atoms with Crippen LogP contribution in [-0.4, -0.2) is 23.2 Å². The zero-order valence-corrected chi connectivity index (χ0v) is 18.6. The third-order valence-electron chi connectivity index (χ3n) is 5.75. The Bertz CT molecular complexity index is 1230. The van der Waals surface area contributed by atoms with E-state index in [1.165, 1.54) is 5.56 Å². The van der Waals surface area contributed by atoms with Gasteiger partial charge in [-0.2, -0.15) is 0 Å². The standard InChI is InChI=1S/C28H27N3O2/c1-20(28(33)31-26-15-7-12-22-13-8-16-29-27(22)26)17-24(18-21-9-3-2-4-10-21)30-25-14-6-5-11-23(25)19-32/h2-16,19-20,24,30H,17-18H2,1H3,(H,31,33). The smallest absolute Gasteiger partial charge is 0.227 e. The lowest BCUT2D eigenvalue weighted by atomic mass is 9.94. The summed E-state index contributed by atoms with van der Waals surface area (Å²) in [6.45, 7) is 1.93. The summed E-state index contributed by atoms with van der Waals surface area (Å²) in [4.78, 5) is 29.0. The predicted molar refractivity (Wildman–Crippen MR) is 134 cm³/mol. The van der Waals surface area contributed by atoms with Crippen LogP contribution in [0.3, 0.4) is 0 Å². The molecule has 0 radical (unpaired) electrons. The van der Waals surface area contributed by atoms with Crippen LogP contribution in [0.1, 0.15) is 29.3 Å². The molecule has 1 amide bonds. The van der Waals surface area contributed by atoms with Gasteiger partial charge in [0.05, 0.1) is 11.2 Å². The predicted octanol–water partition coefficient (Wildman–Crippen LogP) is 5.74. The fraction of sp³-hybridized carbons (Fsp3) is 0.179. The van der Waals surface area contributed by atoms with Gasteiger partial charge in [-0.1, -0.05) is 67.6 Å². The van der Waals surface area contributed by atoms with E-state index in [4.69, 9.17) is 0 Å². The van der Waals surface area contributed by atoms with Crippen LogP contribution in [0.2, 0.25) is 0 Å². The Morgan fingerprint density at radius 2 is 1.64 bits per heavy atom. The number of benzene rings is 3. The highest BCUT2D eigenvalue weighted by Crippen LogP contribution is 2.24. The van der Waals surface area contributed by atoms with Crippen LogP contribution in [0.25, 0.3) is 10.9 Å². The molecule has 0 bridgehead atoms. The van der Waals surface area contributed by atoms with Gasteiger partial charge in [-0.25, -0.2) is 0 Å². The van der Waals surface area contributed by atoms with Gasteiger partial charge in [0.2, 0.25) is 5.91 Å². The summed E-state index contributed by atoms with van der Waals surface area (Å²) in [6, 6.07) is 27.2. The van der Waals surface area contributed by atoms with Gasteiger partial charge in [0.15, 0.2) is 6.29 Å². The Hall–Kier alpha value is -3.99. The summed E-state index contributed by atoms with van der Waals surface area (Å²) < 4.78 is 0.